The molecule has 1 aromatic heterocycles. The zero-order valence-corrected chi connectivity index (χ0v) is 11.8. The molecule has 1 saturated heterocycles. The summed E-state index contributed by atoms with van der Waals surface area (Å²) in [5, 5.41) is 2.15. The number of alkyl halides is 3. The van der Waals surface area contributed by atoms with E-state index >= 15 is 0 Å². The Morgan fingerprint density at radius 2 is 2.29 bits per heavy atom. The molecule has 2 rings (SSSR count). The summed E-state index contributed by atoms with van der Waals surface area (Å²) in [6.45, 7) is 1.16. The smallest absolute Gasteiger partial charge is 0.401 e. The zero-order chi connectivity index (χ0) is 15.5. The predicted octanol–water partition coefficient (Wildman–Crippen LogP) is 2.73. The average molecular weight is 304 g/mol. The van der Waals surface area contributed by atoms with Crippen LogP contribution in [-0.2, 0) is 4.79 Å². The number of carbonyl (C=O) groups is 1. The van der Waals surface area contributed by atoms with Gasteiger partial charge in [0, 0.05) is 6.54 Å². The van der Waals surface area contributed by atoms with Crippen molar-refractivity contribution in [3.8, 4) is 0 Å². The highest BCUT2D eigenvalue weighted by atomic mass is 19.4. The summed E-state index contributed by atoms with van der Waals surface area (Å²) >= 11 is 0. The van der Waals surface area contributed by atoms with Crippen molar-refractivity contribution in [1.82, 2.24) is 10.2 Å². The van der Waals surface area contributed by atoms with Crippen molar-refractivity contribution in [3.05, 3.63) is 24.2 Å². The maximum atomic E-state index is 12.2. The first-order chi connectivity index (χ1) is 9.87. The Hall–Kier alpha value is -1.50. The van der Waals surface area contributed by atoms with Gasteiger partial charge in [0.1, 0.15) is 5.76 Å². The number of rotatable bonds is 4. The van der Waals surface area contributed by atoms with Gasteiger partial charge in [-0.25, -0.2) is 0 Å². The van der Waals surface area contributed by atoms with Crippen LogP contribution >= 0.6 is 0 Å². The number of furan rings is 1. The van der Waals surface area contributed by atoms with E-state index in [1.165, 1.54) is 0 Å². The molecule has 4 nitrogen and oxygen atoms in total. The zero-order valence-electron chi connectivity index (χ0n) is 11.8. The minimum Gasteiger partial charge on any atom is -0.467 e. The molecule has 0 aliphatic carbocycles. The molecule has 118 valence electrons. The average Bonchev–Trinajstić information content (AvgIpc) is 2.90. The number of likely N-dealkylation sites (tertiary alicyclic amines) is 1. The number of piperidine rings is 1. The van der Waals surface area contributed by atoms with Crippen LogP contribution < -0.4 is 5.32 Å². The monoisotopic (exact) mass is 304 g/mol. The molecule has 2 heterocycles. The van der Waals surface area contributed by atoms with Gasteiger partial charge in [-0.3, -0.25) is 4.79 Å². The maximum Gasteiger partial charge on any atom is 0.401 e. The molecule has 0 spiro atoms. The lowest BCUT2D eigenvalue weighted by atomic mass is 9.91. The summed E-state index contributed by atoms with van der Waals surface area (Å²) in [6.07, 6.45) is -1.16. The predicted molar refractivity (Wildman–Crippen MR) is 70.5 cm³/mol. The molecule has 1 fully saturated rings. The number of amides is 1. The Labute approximate surface area is 121 Å². The topological polar surface area (TPSA) is 45.5 Å². The minimum absolute atomic E-state index is 0.191. The van der Waals surface area contributed by atoms with Crippen molar-refractivity contribution in [2.45, 2.75) is 32.0 Å². The van der Waals surface area contributed by atoms with Gasteiger partial charge >= 0.3 is 6.18 Å². The fourth-order valence-electron chi connectivity index (χ4n) is 2.60. The van der Waals surface area contributed by atoms with Crippen LogP contribution in [0.3, 0.4) is 0 Å². The third kappa shape index (κ3) is 4.49. The molecule has 0 bridgehead atoms. The van der Waals surface area contributed by atoms with Crippen molar-refractivity contribution < 1.29 is 22.4 Å². The molecule has 1 aromatic rings. The van der Waals surface area contributed by atoms with E-state index in [9.17, 15) is 18.0 Å². The Kier molecular flexibility index (Phi) is 4.92. The quantitative estimate of drug-likeness (QED) is 0.930. The first-order valence-corrected chi connectivity index (χ1v) is 6.97. The normalized spacial score (nSPS) is 23.3. The molecule has 1 amide bonds. The van der Waals surface area contributed by atoms with E-state index in [1.54, 1.807) is 23.3 Å². The Bertz CT molecular complexity index is 459. The van der Waals surface area contributed by atoms with E-state index in [4.69, 9.17) is 4.42 Å². The first-order valence-electron chi connectivity index (χ1n) is 6.97. The molecule has 0 aromatic carbocycles. The number of carbonyl (C=O) groups excluding carboxylic acids is 1. The number of nitrogens with zero attached hydrogens (tertiary/aromatic N) is 1. The van der Waals surface area contributed by atoms with Crippen molar-refractivity contribution in [2.24, 2.45) is 5.92 Å². The molecular weight excluding hydrogens is 285 g/mol. The molecule has 1 N–H and O–H groups in total. The van der Waals surface area contributed by atoms with Crippen LogP contribution in [0.4, 0.5) is 13.2 Å². The molecule has 0 unspecified atom stereocenters. The van der Waals surface area contributed by atoms with Gasteiger partial charge in [-0.15, -0.1) is 0 Å². The van der Waals surface area contributed by atoms with E-state index in [1.807, 2.05) is 0 Å². The third-order valence-electron chi connectivity index (χ3n) is 3.66. The van der Waals surface area contributed by atoms with Gasteiger partial charge in [-0.05, 0) is 30.9 Å². The Morgan fingerprint density at radius 3 is 2.90 bits per heavy atom. The second-order valence-corrected chi connectivity index (χ2v) is 5.47. The van der Waals surface area contributed by atoms with Gasteiger partial charge < -0.3 is 14.6 Å². The molecule has 1 aliphatic heterocycles. The van der Waals surface area contributed by atoms with Gasteiger partial charge in [0.15, 0.2) is 0 Å². The minimum atomic E-state index is -4.31. The molecule has 1 aliphatic rings. The van der Waals surface area contributed by atoms with Crippen LogP contribution in [0.15, 0.2) is 22.8 Å². The van der Waals surface area contributed by atoms with E-state index in [-0.39, 0.29) is 18.5 Å². The van der Waals surface area contributed by atoms with E-state index in [0.717, 1.165) is 12.8 Å². The van der Waals surface area contributed by atoms with Crippen LogP contribution in [-0.4, -0.2) is 36.6 Å². The molecule has 0 saturated carbocycles. The molecular formula is C14H19F3N2O2. The maximum absolute atomic E-state index is 12.2. The summed E-state index contributed by atoms with van der Waals surface area (Å²) in [5.41, 5.74) is 0. The lowest BCUT2D eigenvalue weighted by Crippen LogP contribution is -2.45. The van der Waals surface area contributed by atoms with Crippen molar-refractivity contribution in [3.63, 3.8) is 0 Å². The summed E-state index contributed by atoms with van der Waals surface area (Å²) in [6, 6.07) is 3.36. The van der Waals surface area contributed by atoms with Gasteiger partial charge in [0.05, 0.1) is 25.4 Å². The van der Waals surface area contributed by atoms with Crippen LogP contribution in [0.1, 0.15) is 31.6 Å². The lowest BCUT2D eigenvalue weighted by molar-refractivity contribution is -0.138. The molecule has 0 radical (unpaired) electrons. The first kappa shape index (κ1) is 15.9. The van der Waals surface area contributed by atoms with Crippen LogP contribution in [0.5, 0.6) is 0 Å². The second-order valence-electron chi connectivity index (χ2n) is 5.47. The van der Waals surface area contributed by atoms with E-state index in [2.05, 4.69) is 12.2 Å². The SMILES string of the molecule is C[C@@H]1CCN(C(=O)CNCC(F)(F)F)[C@H](c2ccco2)C1. The van der Waals surface area contributed by atoms with Crippen molar-refractivity contribution in [2.75, 3.05) is 19.6 Å². The fourth-order valence-corrected chi connectivity index (χ4v) is 2.60. The largest absolute Gasteiger partial charge is 0.467 e. The highest BCUT2D eigenvalue weighted by molar-refractivity contribution is 5.78. The van der Waals surface area contributed by atoms with Gasteiger partial charge in [0.25, 0.3) is 0 Å². The molecule has 2 atom stereocenters. The lowest BCUT2D eigenvalue weighted by Gasteiger charge is -2.37. The number of halogens is 3. The highest BCUT2D eigenvalue weighted by Crippen LogP contribution is 2.34. The third-order valence-corrected chi connectivity index (χ3v) is 3.66. The fraction of sp³-hybridized carbons (Fsp3) is 0.643. The van der Waals surface area contributed by atoms with E-state index < -0.39 is 12.7 Å². The summed E-state index contributed by atoms with van der Waals surface area (Å²) < 4.78 is 41.7. The standard InChI is InChI=1S/C14H19F3N2O2/c1-10-4-5-19(11(7-10)12-3-2-6-21-12)13(20)8-18-9-14(15,16)17/h2-3,6,10-11,18H,4-5,7-9H2,1H3/t10-,11+/m1/s1. The second kappa shape index (κ2) is 6.51. The van der Waals surface area contributed by atoms with Crippen LogP contribution in [0, 0.1) is 5.92 Å². The van der Waals surface area contributed by atoms with Crippen molar-refractivity contribution in [1.29, 1.82) is 0 Å². The summed E-state index contributed by atoms with van der Waals surface area (Å²) in [7, 11) is 0. The van der Waals surface area contributed by atoms with Gasteiger partial charge in [-0.2, -0.15) is 13.2 Å². The number of hydrogen-bond acceptors (Lipinski definition) is 3. The molecule has 7 heteroatoms. The molecule has 21 heavy (non-hydrogen) atoms. The van der Waals surface area contributed by atoms with Crippen LogP contribution in [0.25, 0.3) is 0 Å². The number of hydrogen-bond donors (Lipinski definition) is 1. The summed E-state index contributed by atoms with van der Waals surface area (Å²) in [4.78, 5) is 13.8. The Morgan fingerprint density at radius 1 is 1.52 bits per heavy atom. The Balaban J connectivity index is 1.97. The highest BCUT2D eigenvalue weighted by Gasteiger charge is 2.33. The summed E-state index contributed by atoms with van der Waals surface area (Å²) in [5.74, 6) is 0.811. The van der Waals surface area contributed by atoms with Crippen LogP contribution in [0.2, 0.25) is 0 Å². The van der Waals surface area contributed by atoms with Gasteiger partial charge in [-0.1, -0.05) is 6.92 Å². The number of nitrogens with one attached hydrogen (secondary N) is 1. The van der Waals surface area contributed by atoms with E-state index in [0.29, 0.717) is 18.2 Å². The van der Waals surface area contributed by atoms with Crippen molar-refractivity contribution >= 4 is 5.91 Å². The van der Waals surface area contributed by atoms with Gasteiger partial charge in [0.2, 0.25) is 5.91 Å².